The number of hydrogen-bond acceptors (Lipinski definition) is 16. The van der Waals surface area contributed by atoms with Gasteiger partial charge < -0.3 is 61.0 Å². The second kappa shape index (κ2) is 30.4. The van der Waals surface area contributed by atoms with E-state index in [0.717, 1.165) is 20.7 Å². The van der Waals surface area contributed by atoms with Crippen LogP contribution in [0.4, 0.5) is 0 Å². The number of carbonyl (C=O) groups excluding carboxylic acids is 3. The van der Waals surface area contributed by atoms with E-state index in [9.17, 15) is 9.59 Å². The van der Waals surface area contributed by atoms with E-state index in [1.807, 2.05) is 38.1 Å². The number of fused-ring (bicyclic) bond motifs is 2. The van der Waals surface area contributed by atoms with E-state index >= 15 is 4.79 Å². The number of Topliss-reactive ketones (excluding diaryl/α,β-unsaturated/α-hetero) is 1. The second-order valence-corrected chi connectivity index (χ2v) is 37.0. The summed E-state index contributed by atoms with van der Waals surface area (Å²) in [6, 6.07) is 59.9. The van der Waals surface area contributed by atoms with Gasteiger partial charge in [-0.3, -0.25) is 4.79 Å². The SMILES string of the molecule is COC(C[C@@H]1O[C@H](C[C@H](COC(=O)c2ccccc2)OC(=O)c2ccccc2)[C@H](OC)[C@H]1CC(=O)C[C@H]1CC[C@@H]2O[C@@H]3[C@@H](O[C@H](C[C@@H]4COC(C)(C)O4)[C@@H]3O[Si](c3ccccc3)(c3ccccc3)C(C)(C)C)[C@@H](O[Si](c3ccccc3)(c3ccccc3)C(C)(C)C)[C@H]2O1)OC. The van der Waals surface area contributed by atoms with Gasteiger partial charge in [0.1, 0.15) is 49.0 Å². The number of methoxy groups -OCH3 is 3. The smallest absolute Gasteiger partial charge is 0.338 e. The predicted octanol–water partition coefficient (Wildman–Crippen LogP) is 10.7. The summed E-state index contributed by atoms with van der Waals surface area (Å²) in [5, 5.41) is 3.66. The number of ether oxygens (including phenoxy) is 11. The molecule has 0 unspecified atom stereocenters. The zero-order chi connectivity index (χ0) is 67.1. The lowest BCUT2D eigenvalue weighted by Crippen LogP contribution is -2.73. The molecule has 16 nitrogen and oxygen atoms in total. The maximum atomic E-state index is 15.2. The Labute approximate surface area is 563 Å². The lowest BCUT2D eigenvalue weighted by atomic mass is 9.85. The van der Waals surface area contributed by atoms with Crippen molar-refractivity contribution in [1.82, 2.24) is 0 Å². The highest BCUT2D eigenvalue weighted by molar-refractivity contribution is 7.00. The highest BCUT2D eigenvalue weighted by Gasteiger charge is 2.65. The molecule has 0 radical (unpaired) electrons. The molecule has 5 fully saturated rings. The van der Waals surface area contributed by atoms with Crippen molar-refractivity contribution in [3.05, 3.63) is 193 Å². The normalized spacial score (nSPS) is 27.1. The van der Waals surface area contributed by atoms with Crippen LogP contribution in [0.1, 0.15) is 121 Å². The van der Waals surface area contributed by atoms with Crippen LogP contribution in [0.15, 0.2) is 182 Å². The van der Waals surface area contributed by atoms with Crippen molar-refractivity contribution < 1.29 is 75.3 Å². The van der Waals surface area contributed by atoms with Crippen LogP contribution in [0.25, 0.3) is 0 Å². The Morgan fingerprint density at radius 1 is 0.516 bits per heavy atom. The minimum atomic E-state index is -3.40. The molecule has 11 rings (SSSR count). The van der Waals surface area contributed by atoms with Crippen LogP contribution in [0, 0.1) is 5.92 Å². The average Bonchev–Trinajstić information content (AvgIpc) is 1.71. The molecular weight excluding hydrogens is 1240 g/mol. The van der Waals surface area contributed by atoms with Crippen LogP contribution in [0.3, 0.4) is 0 Å². The molecule has 0 bridgehead atoms. The number of esters is 2. The van der Waals surface area contributed by atoms with Gasteiger partial charge in [-0.2, -0.15) is 0 Å². The van der Waals surface area contributed by atoms with Gasteiger partial charge in [-0.05, 0) is 81.8 Å². The summed E-state index contributed by atoms with van der Waals surface area (Å²) in [5.41, 5.74) is 0.690. The molecule has 5 aliphatic heterocycles. The fourth-order valence-corrected chi connectivity index (χ4v) is 24.8. The van der Waals surface area contributed by atoms with Crippen molar-refractivity contribution in [1.29, 1.82) is 0 Å². The van der Waals surface area contributed by atoms with E-state index in [2.05, 4.69) is 151 Å². The number of hydrogen-bond donors (Lipinski definition) is 0. The number of benzene rings is 6. The molecule has 14 atom stereocenters. The van der Waals surface area contributed by atoms with Crippen molar-refractivity contribution in [3.63, 3.8) is 0 Å². The molecule has 0 aliphatic carbocycles. The Balaban J connectivity index is 0.929. The Hall–Kier alpha value is -6.08. The lowest BCUT2D eigenvalue weighted by Gasteiger charge is -2.53. The minimum Gasteiger partial charge on any atom is -0.458 e. The Bertz CT molecular complexity index is 3340. The maximum Gasteiger partial charge on any atom is 0.338 e. The summed E-state index contributed by atoms with van der Waals surface area (Å²) in [5.74, 6) is -2.50. The van der Waals surface area contributed by atoms with Gasteiger partial charge >= 0.3 is 11.9 Å². The quantitative estimate of drug-likeness (QED) is 0.0285. The van der Waals surface area contributed by atoms with Gasteiger partial charge in [0.15, 0.2) is 12.1 Å². The number of carbonyl (C=O) groups is 3. The summed E-state index contributed by atoms with van der Waals surface area (Å²) < 4.78 is 89.1. The molecule has 0 saturated carbocycles. The van der Waals surface area contributed by atoms with Crippen molar-refractivity contribution in [2.75, 3.05) is 34.5 Å². The molecule has 18 heteroatoms. The van der Waals surface area contributed by atoms with Crippen LogP contribution in [0.2, 0.25) is 10.1 Å². The van der Waals surface area contributed by atoms with Crippen molar-refractivity contribution in [2.45, 2.75) is 202 Å². The van der Waals surface area contributed by atoms with Gasteiger partial charge in [0.2, 0.25) is 0 Å². The van der Waals surface area contributed by atoms with Crippen LogP contribution >= 0.6 is 0 Å². The van der Waals surface area contributed by atoms with Crippen LogP contribution in [0.5, 0.6) is 0 Å². The summed E-state index contributed by atoms with van der Waals surface area (Å²) in [7, 11) is -1.98. The van der Waals surface area contributed by atoms with Crippen molar-refractivity contribution in [2.24, 2.45) is 5.92 Å². The van der Waals surface area contributed by atoms with Gasteiger partial charge in [0.05, 0.1) is 60.5 Å². The van der Waals surface area contributed by atoms with Crippen molar-refractivity contribution >= 4 is 55.1 Å². The van der Waals surface area contributed by atoms with Crippen LogP contribution in [-0.4, -0.2) is 160 Å². The monoisotopic (exact) mass is 1330 g/mol. The molecule has 0 aromatic heterocycles. The summed E-state index contributed by atoms with van der Waals surface area (Å²) in [6.07, 6.45) is -6.76. The largest absolute Gasteiger partial charge is 0.458 e. The fourth-order valence-electron chi connectivity index (χ4n) is 15.4. The molecule has 6 aromatic carbocycles. The molecular formula is C77H96O16Si2. The molecule has 5 saturated heterocycles. The van der Waals surface area contributed by atoms with Gasteiger partial charge in [0, 0.05) is 59.4 Å². The Morgan fingerprint density at radius 3 is 1.47 bits per heavy atom. The van der Waals surface area contributed by atoms with Gasteiger partial charge in [-0.1, -0.05) is 199 Å². The number of rotatable bonds is 26. The lowest BCUT2D eigenvalue weighted by molar-refractivity contribution is -0.254. The first-order valence-electron chi connectivity index (χ1n) is 33.7. The molecule has 5 aliphatic rings. The second-order valence-electron chi connectivity index (χ2n) is 28.5. The van der Waals surface area contributed by atoms with E-state index in [4.69, 9.17) is 61.0 Å². The Kier molecular flexibility index (Phi) is 22.4. The molecule has 0 spiro atoms. The fraction of sp³-hybridized carbons (Fsp3) is 0.494. The van der Waals surface area contributed by atoms with Gasteiger partial charge in [0.25, 0.3) is 16.6 Å². The number of ketones is 1. The maximum absolute atomic E-state index is 15.2. The molecule has 6 aromatic rings. The average molecular weight is 1330 g/mol. The van der Waals surface area contributed by atoms with E-state index in [0.29, 0.717) is 37.0 Å². The molecule has 0 amide bonds. The Morgan fingerprint density at radius 2 is 1.00 bits per heavy atom. The first-order valence-corrected chi connectivity index (χ1v) is 37.6. The highest BCUT2D eigenvalue weighted by Crippen LogP contribution is 2.49. The zero-order valence-corrected chi connectivity index (χ0v) is 58.9. The van der Waals surface area contributed by atoms with E-state index in [1.165, 1.54) is 0 Å². The van der Waals surface area contributed by atoms with Crippen LogP contribution in [-0.2, 0) is 65.8 Å². The van der Waals surface area contributed by atoms with Gasteiger partial charge in [-0.15, -0.1) is 0 Å². The minimum absolute atomic E-state index is 0.0540. The summed E-state index contributed by atoms with van der Waals surface area (Å²) in [4.78, 5) is 42.3. The third-order valence-electron chi connectivity index (χ3n) is 19.8. The third kappa shape index (κ3) is 15.5. The zero-order valence-electron chi connectivity index (χ0n) is 56.9. The molecule has 508 valence electrons. The van der Waals surface area contributed by atoms with E-state index < -0.39 is 125 Å². The van der Waals surface area contributed by atoms with E-state index in [1.54, 1.807) is 69.9 Å². The molecule has 5 heterocycles. The molecule has 0 N–H and O–H groups in total. The summed E-state index contributed by atoms with van der Waals surface area (Å²) in [6.45, 7) is 17.7. The third-order valence-corrected chi connectivity index (χ3v) is 29.8. The van der Waals surface area contributed by atoms with E-state index in [-0.39, 0.29) is 49.2 Å². The standard InChI is InChI=1S/C77H96O16Si2/c1-75(2,3)94(57-34-22-14-23-35-57,58-36-24-15-25-37-58)92-69-65(47-56-50-85-77(7,8)91-56)90-71-70(69)89-62-43-42-54(86-68(62)72(71)93-95(76(4,5)6,59-38-26-16-27-39-59)60-40-28-17-29-41-60)44-53(78)45-61-63(48-66(81-9)82-10)88-64(67(61)83-11)46-55(87-74(80)52-32-20-13-21-33-52)49-84-73(79)51-30-18-12-19-31-51/h12-41,54-56,61-72H,42-50H2,1-11H3/t54-,55-,56-,61+,62+,63+,64-,65-,67-,68+,69+,70+,71-,72+/m1/s1. The van der Waals surface area contributed by atoms with Gasteiger partial charge in [-0.25, -0.2) is 9.59 Å². The van der Waals surface area contributed by atoms with Crippen LogP contribution < -0.4 is 20.7 Å². The first-order chi connectivity index (χ1) is 45.6. The highest BCUT2D eigenvalue weighted by atomic mass is 28.4. The predicted molar refractivity (Wildman–Crippen MR) is 366 cm³/mol. The first kappa shape index (κ1) is 70.2. The van der Waals surface area contributed by atoms with Crippen molar-refractivity contribution in [3.8, 4) is 0 Å². The topological polar surface area (TPSA) is 171 Å². The molecule has 95 heavy (non-hydrogen) atoms. The summed E-state index contributed by atoms with van der Waals surface area (Å²) >= 11 is 0.